The normalized spacial score (nSPS) is 12.6. The van der Waals surface area contributed by atoms with Gasteiger partial charge in [-0.15, -0.1) is 0 Å². The largest absolute Gasteiger partial charge is 0.0654 e. The zero-order valence-electron chi connectivity index (χ0n) is 11.5. The van der Waals surface area contributed by atoms with Crippen molar-refractivity contribution in [3.05, 3.63) is 35.9 Å². The van der Waals surface area contributed by atoms with Crippen molar-refractivity contribution in [2.75, 3.05) is 0 Å². The lowest BCUT2D eigenvalue weighted by atomic mass is 9.89. The van der Waals surface area contributed by atoms with Gasteiger partial charge in [-0.3, -0.25) is 0 Å². The maximum atomic E-state index is 3.42. The van der Waals surface area contributed by atoms with Crippen LogP contribution in [0.1, 0.15) is 76.7 Å². The minimum absolute atomic E-state index is 0.744. The summed E-state index contributed by atoms with van der Waals surface area (Å²) in [4.78, 5) is 0. The van der Waals surface area contributed by atoms with E-state index in [1.807, 2.05) is 0 Å². The Balaban J connectivity index is 2.43. The molecule has 0 nitrogen and oxygen atoms in total. The van der Waals surface area contributed by atoms with Gasteiger partial charge in [0.25, 0.3) is 0 Å². The van der Waals surface area contributed by atoms with Crippen LogP contribution < -0.4 is 0 Å². The van der Waals surface area contributed by atoms with Crippen molar-refractivity contribution in [1.29, 1.82) is 0 Å². The van der Waals surface area contributed by atoms with E-state index < -0.39 is 0 Å². The van der Waals surface area contributed by atoms with Crippen LogP contribution in [0.2, 0.25) is 0 Å². The van der Waals surface area contributed by atoms with Gasteiger partial charge >= 0.3 is 0 Å². The van der Waals surface area contributed by atoms with Gasteiger partial charge in [0, 0.05) is 0 Å². The van der Waals surface area contributed by atoms with Crippen LogP contribution in [0.4, 0.5) is 0 Å². The van der Waals surface area contributed by atoms with Crippen molar-refractivity contribution in [2.24, 2.45) is 0 Å². The predicted molar refractivity (Wildman–Crippen MR) is 76.3 cm³/mol. The first-order valence-corrected chi connectivity index (χ1v) is 7.35. The van der Waals surface area contributed by atoms with Crippen molar-refractivity contribution < 1.29 is 0 Å². The molecule has 0 aliphatic carbocycles. The molecule has 1 aromatic rings. The predicted octanol–water partition coefficient (Wildman–Crippen LogP) is 5.73. The Morgan fingerprint density at radius 3 is 2.35 bits per heavy atom. The third-order valence-electron chi connectivity index (χ3n) is 3.49. The van der Waals surface area contributed by atoms with Gasteiger partial charge in [0.05, 0.1) is 0 Å². The molecule has 0 aliphatic heterocycles. The number of unbranched alkanes of at least 4 members (excludes halogenated alkanes) is 4. The molecule has 95 valence electrons. The molecule has 1 unspecified atom stereocenters. The fourth-order valence-electron chi connectivity index (χ4n) is 2.38. The zero-order chi connectivity index (χ0) is 12.3. The molecular formula is C17H27. The number of hydrogen-bond donors (Lipinski definition) is 0. The van der Waals surface area contributed by atoms with Crippen molar-refractivity contribution in [2.45, 2.75) is 71.1 Å². The summed E-state index contributed by atoms with van der Waals surface area (Å²) in [7, 11) is 0. The number of hydrogen-bond acceptors (Lipinski definition) is 0. The second-order valence-corrected chi connectivity index (χ2v) is 5.01. The third kappa shape index (κ3) is 5.91. The topological polar surface area (TPSA) is 0 Å². The molecular weight excluding hydrogens is 204 g/mol. The van der Waals surface area contributed by atoms with Crippen LogP contribution in [0.5, 0.6) is 0 Å². The third-order valence-corrected chi connectivity index (χ3v) is 3.49. The van der Waals surface area contributed by atoms with Gasteiger partial charge in [0.2, 0.25) is 0 Å². The van der Waals surface area contributed by atoms with E-state index in [2.05, 4.69) is 44.2 Å². The monoisotopic (exact) mass is 231 g/mol. The molecule has 0 heteroatoms. The molecule has 0 amide bonds. The van der Waals surface area contributed by atoms with Crippen molar-refractivity contribution in [3.63, 3.8) is 0 Å². The molecule has 0 aromatic heterocycles. The fourth-order valence-corrected chi connectivity index (χ4v) is 2.38. The van der Waals surface area contributed by atoms with E-state index in [1.54, 1.807) is 0 Å². The van der Waals surface area contributed by atoms with Gasteiger partial charge in [0.15, 0.2) is 0 Å². The van der Waals surface area contributed by atoms with Gasteiger partial charge in [-0.2, -0.15) is 0 Å². The van der Waals surface area contributed by atoms with E-state index in [1.165, 1.54) is 56.9 Å². The Kier molecular flexibility index (Phi) is 7.79. The molecule has 0 bridgehead atoms. The molecule has 1 atom stereocenters. The summed E-state index contributed by atoms with van der Waals surface area (Å²) < 4.78 is 0. The van der Waals surface area contributed by atoms with Crippen LogP contribution in [0.15, 0.2) is 24.3 Å². The first-order valence-electron chi connectivity index (χ1n) is 7.35. The summed E-state index contributed by atoms with van der Waals surface area (Å²) in [6, 6.07) is 11.9. The van der Waals surface area contributed by atoms with Crippen LogP contribution in [0, 0.1) is 6.07 Å². The lowest BCUT2D eigenvalue weighted by Gasteiger charge is -2.16. The highest BCUT2D eigenvalue weighted by atomic mass is 14.1. The summed E-state index contributed by atoms with van der Waals surface area (Å²) in [5.41, 5.74) is 1.43. The standard InChI is InChI=1S/C17H27/c1-3-5-7-9-13-16(12-6-4-2)17-14-10-8-11-15-17/h8,10-11,14,16H,3-7,9,12-13H2,1-2H3. The van der Waals surface area contributed by atoms with Gasteiger partial charge in [0.1, 0.15) is 0 Å². The highest BCUT2D eigenvalue weighted by Crippen LogP contribution is 2.27. The van der Waals surface area contributed by atoms with Crippen LogP contribution in [0.3, 0.4) is 0 Å². The van der Waals surface area contributed by atoms with Gasteiger partial charge in [-0.1, -0.05) is 76.6 Å². The second kappa shape index (κ2) is 9.27. The van der Waals surface area contributed by atoms with Crippen LogP contribution in [0.25, 0.3) is 0 Å². The molecule has 1 rings (SSSR count). The van der Waals surface area contributed by atoms with Crippen molar-refractivity contribution in [3.8, 4) is 0 Å². The summed E-state index contributed by atoms with van der Waals surface area (Å²) in [5, 5.41) is 0. The molecule has 0 saturated carbocycles. The van der Waals surface area contributed by atoms with E-state index in [0.717, 1.165) is 5.92 Å². The van der Waals surface area contributed by atoms with E-state index >= 15 is 0 Å². The average molecular weight is 231 g/mol. The maximum absolute atomic E-state index is 3.42. The molecule has 0 heterocycles. The van der Waals surface area contributed by atoms with Crippen LogP contribution in [-0.4, -0.2) is 0 Å². The van der Waals surface area contributed by atoms with E-state index in [0.29, 0.717) is 0 Å². The molecule has 0 aliphatic rings. The first kappa shape index (κ1) is 14.3. The molecule has 0 saturated heterocycles. The van der Waals surface area contributed by atoms with E-state index in [-0.39, 0.29) is 0 Å². The van der Waals surface area contributed by atoms with Crippen LogP contribution >= 0.6 is 0 Å². The van der Waals surface area contributed by atoms with Gasteiger partial charge in [-0.05, 0) is 30.4 Å². The summed E-state index contributed by atoms with van der Waals surface area (Å²) >= 11 is 0. The van der Waals surface area contributed by atoms with Gasteiger partial charge < -0.3 is 0 Å². The van der Waals surface area contributed by atoms with E-state index in [9.17, 15) is 0 Å². The molecule has 17 heavy (non-hydrogen) atoms. The smallest absolute Gasteiger partial charge is 0.0146 e. The SMILES string of the molecule is CCCCCCC(CCCC)c1[c]cccc1. The highest BCUT2D eigenvalue weighted by molar-refractivity contribution is 5.17. The number of rotatable bonds is 9. The molecule has 1 aromatic carbocycles. The average Bonchev–Trinajstić information content (AvgIpc) is 2.39. The number of benzene rings is 1. The molecule has 0 fully saturated rings. The second-order valence-electron chi connectivity index (χ2n) is 5.01. The molecule has 1 radical (unpaired) electrons. The van der Waals surface area contributed by atoms with Crippen molar-refractivity contribution >= 4 is 0 Å². The summed E-state index contributed by atoms with van der Waals surface area (Å²) in [6.07, 6.45) is 10.8. The van der Waals surface area contributed by atoms with Gasteiger partial charge in [-0.25, -0.2) is 0 Å². The van der Waals surface area contributed by atoms with Crippen LogP contribution in [-0.2, 0) is 0 Å². The minimum atomic E-state index is 0.744. The Labute approximate surface area is 107 Å². The van der Waals surface area contributed by atoms with E-state index in [4.69, 9.17) is 0 Å². The Bertz CT molecular complexity index is 263. The minimum Gasteiger partial charge on any atom is -0.0654 e. The lowest BCUT2D eigenvalue weighted by Crippen LogP contribution is -1.99. The highest BCUT2D eigenvalue weighted by Gasteiger charge is 2.10. The quantitative estimate of drug-likeness (QED) is 0.476. The molecule has 0 N–H and O–H groups in total. The maximum Gasteiger partial charge on any atom is -0.0146 e. The van der Waals surface area contributed by atoms with Crippen molar-refractivity contribution in [1.82, 2.24) is 0 Å². The fraction of sp³-hybridized carbons (Fsp3) is 0.647. The summed E-state index contributed by atoms with van der Waals surface area (Å²) in [6.45, 7) is 4.56. The zero-order valence-corrected chi connectivity index (χ0v) is 11.5. The Morgan fingerprint density at radius 1 is 0.941 bits per heavy atom. The summed E-state index contributed by atoms with van der Waals surface area (Å²) in [5.74, 6) is 0.744. The molecule has 0 spiro atoms. The first-order chi connectivity index (χ1) is 8.38. The lowest BCUT2D eigenvalue weighted by molar-refractivity contribution is 0.508. The Hall–Kier alpha value is -0.780. The Morgan fingerprint density at radius 2 is 1.71 bits per heavy atom.